The number of hydrogen-bond acceptors (Lipinski definition) is 8. The Morgan fingerprint density at radius 1 is 1.02 bits per heavy atom. The molecule has 42 heavy (non-hydrogen) atoms. The Bertz CT molecular complexity index is 1610. The maximum Gasteiger partial charge on any atom is 0.301 e. The van der Waals surface area contributed by atoms with Crippen molar-refractivity contribution in [3.63, 3.8) is 0 Å². The number of ether oxygens (including phenoxy) is 1. The molecule has 0 saturated carbocycles. The molecule has 3 aromatic carbocycles. The summed E-state index contributed by atoms with van der Waals surface area (Å²) in [7, 11) is 0. The number of carbonyl (C=O) groups is 2. The van der Waals surface area contributed by atoms with Crippen LogP contribution in [-0.4, -0.2) is 33.6 Å². The van der Waals surface area contributed by atoms with Crippen molar-refractivity contribution in [1.29, 1.82) is 0 Å². The number of Topliss-reactive ketones (excluding diaryl/α,β-unsaturated/α-hetero) is 1. The summed E-state index contributed by atoms with van der Waals surface area (Å²) in [5.74, 6) is -0.631. The molecule has 1 fully saturated rings. The number of amides is 1. The summed E-state index contributed by atoms with van der Waals surface area (Å²) < 4.78 is 6.45. The van der Waals surface area contributed by atoms with Gasteiger partial charge in [0.25, 0.3) is 5.78 Å². The zero-order valence-corrected chi connectivity index (χ0v) is 25.8. The van der Waals surface area contributed by atoms with Crippen molar-refractivity contribution in [3.8, 4) is 5.75 Å². The molecule has 0 bridgehead atoms. The summed E-state index contributed by atoms with van der Waals surface area (Å²) in [4.78, 5) is 28.2. The van der Waals surface area contributed by atoms with Crippen LogP contribution in [0.25, 0.3) is 5.76 Å². The van der Waals surface area contributed by atoms with E-state index < -0.39 is 17.7 Å². The summed E-state index contributed by atoms with van der Waals surface area (Å²) in [6.07, 6.45) is 3.14. The van der Waals surface area contributed by atoms with Crippen LogP contribution >= 0.6 is 46.3 Å². The number of ketones is 1. The predicted octanol–water partition coefficient (Wildman–Crippen LogP) is 8.33. The largest absolute Gasteiger partial charge is 0.507 e. The van der Waals surface area contributed by atoms with Crippen LogP contribution in [0.2, 0.25) is 10.0 Å². The third-order valence-electron chi connectivity index (χ3n) is 6.67. The number of benzene rings is 3. The van der Waals surface area contributed by atoms with Gasteiger partial charge in [-0.15, -0.1) is 10.2 Å². The maximum atomic E-state index is 13.5. The summed E-state index contributed by atoms with van der Waals surface area (Å²) in [6, 6.07) is 20.3. The molecule has 1 aromatic heterocycles. The number of aliphatic hydroxyl groups excluding tert-OH is 1. The molecule has 1 atom stereocenters. The number of anilines is 1. The fourth-order valence-corrected chi connectivity index (χ4v) is 6.95. The van der Waals surface area contributed by atoms with Gasteiger partial charge >= 0.3 is 5.91 Å². The van der Waals surface area contributed by atoms with Gasteiger partial charge in [-0.3, -0.25) is 14.5 Å². The van der Waals surface area contributed by atoms with Gasteiger partial charge < -0.3 is 9.84 Å². The SMILES string of the molecule is CCCCCOc1ccc(C2/C(=C(/O)c3ccccc3)C(=O)C(=O)N2c2nnc(SCc3ccc(Cl)cc3Cl)s2)cc1. The van der Waals surface area contributed by atoms with Crippen LogP contribution in [0, 0.1) is 0 Å². The third kappa shape index (κ3) is 6.65. The third-order valence-corrected chi connectivity index (χ3v) is 9.36. The number of halogens is 2. The van der Waals surface area contributed by atoms with Crippen molar-refractivity contribution in [1.82, 2.24) is 10.2 Å². The average Bonchev–Trinajstić information content (AvgIpc) is 3.57. The van der Waals surface area contributed by atoms with Gasteiger partial charge in [0.15, 0.2) is 4.34 Å². The van der Waals surface area contributed by atoms with E-state index in [9.17, 15) is 14.7 Å². The Hall–Kier alpha value is -3.37. The van der Waals surface area contributed by atoms with Gasteiger partial charge in [0.1, 0.15) is 11.5 Å². The van der Waals surface area contributed by atoms with Gasteiger partial charge in [-0.1, -0.05) is 115 Å². The van der Waals surface area contributed by atoms with E-state index in [1.165, 1.54) is 28.0 Å². The highest BCUT2D eigenvalue weighted by Gasteiger charge is 2.48. The zero-order valence-electron chi connectivity index (χ0n) is 22.6. The Labute approximate surface area is 262 Å². The van der Waals surface area contributed by atoms with Crippen LogP contribution in [0.4, 0.5) is 5.13 Å². The van der Waals surface area contributed by atoms with E-state index in [1.54, 1.807) is 60.7 Å². The van der Waals surface area contributed by atoms with Gasteiger partial charge in [0.2, 0.25) is 5.13 Å². The molecule has 1 aliphatic heterocycles. The topological polar surface area (TPSA) is 92.6 Å². The summed E-state index contributed by atoms with van der Waals surface area (Å²) in [6.45, 7) is 2.74. The minimum Gasteiger partial charge on any atom is -0.507 e. The van der Waals surface area contributed by atoms with Crippen LogP contribution in [-0.2, 0) is 15.3 Å². The first-order valence-corrected chi connectivity index (χ1v) is 15.9. The van der Waals surface area contributed by atoms with Crippen molar-refractivity contribution in [2.75, 3.05) is 11.5 Å². The first kappa shape index (κ1) is 30.1. The number of carbonyl (C=O) groups excluding carboxylic acids is 2. The standard InChI is InChI=1S/C31H27Cl2N3O4S2/c1-2-3-7-16-40-23-14-11-19(12-15-23)26-25(27(37)20-8-5-4-6-9-20)28(38)29(39)36(26)30-34-35-31(42-30)41-18-21-10-13-22(32)17-24(21)33/h4-6,8-15,17,26,37H,2-3,7,16,18H2,1H3/b27-25-. The molecule has 11 heteroatoms. The number of rotatable bonds is 11. The van der Waals surface area contributed by atoms with E-state index >= 15 is 0 Å². The van der Waals surface area contributed by atoms with Gasteiger partial charge in [0, 0.05) is 21.4 Å². The molecule has 216 valence electrons. The predicted molar refractivity (Wildman–Crippen MR) is 169 cm³/mol. The number of aromatic nitrogens is 2. The minimum atomic E-state index is -0.907. The molecule has 0 spiro atoms. The van der Waals surface area contributed by atoms with E-state index in [2.05, 4.69) is 17.1 Å². The lowest BCUT2D eigenvalue weighted by molar-refractivity contribution is -0.132. The molecular weight excluding hydrogens is 613 g/mol. The fourth-order valence-electron chi connectivity index (χ4n) is 4.52. The molecule has 4 aromatic rings. The Morgan fingerprint density at radius 2 is 1.79 bits per heavy atom. The van der Waals surface area contributed by atoms with Gasteiger partial charge in [0.05, 0.1) is 18.2 Å². The molecule has 1 saturated heterocycles. The monoisotopic (exact) mass is 639 g/mol. The molecule has 0 radical (unpaired) electrons. The normalized spacial score (nSPS) is 16.3. The van der Waals surface area contributed by atoms with Crippen LogP contribution in [0.15, 0.2) is 82.7 Å². The van der Waals surface area contributed by atoms with Crippen molar-refractivity contribution in [3.05, 3.63) is 105 Å². The van der Waals surface area contributed by atoms with E-state index in [1.807, 2.05) is 12.1 Å². The fraction of sp³-hybridized carbons (Fsp3) is 0.226. The number of unbranched alkanes of at least 4 members (excludes halogenated alkanes) is 2. The Morgan fingerprint density at radius 3 is 2.50 bits per heavy atom. The summed E-state index contributed by atoms with van der Waals surface area (Å²) in [5.41, 5.74) is 1.93. The van der Waals surface area contributed by atoms with E-state index in [0.717, 1.165) is 24.8 Å². The second kappa shape index (κ2) is 13.7. The zero-order chi connectivity index (χ0) is 29.6. The van der Waals surface area contributed by atoms with Crippen molar-refractivity contribution in [2.45, 2.75) is 42.3 Å². The lowest BCUT2D eigenvalue weighted by Gasteiger charge is -2.22. The highest BCUT2D eigenvalue weighted by Crippen LogP contribution is 2.44. The van der Waals surface area contributed by atoms with Crippen LogP contribution < -0.4 is 9.64 Å². The molecular formula is C31H27Cl2N3O4S2. The van der Waals surface area contributed by atoms with E-state index in [4.69, 9.17) is 27.9 Å². The molecule has 2 heterocycles. The second-order valence-electron chi connectivity index (χ2n) is 9.53. The van der Waals surface area contributed by atoms with Gasteiger partial charge in [-0.25, -0.2) is 0 Å². The van der Waals surface area contributed by atoms with Crippen molar-refractivity contribution >= 4 is 68.9 Å². The van der Waals surface area contributed by atoms with E-state index in [0.29, 0.717) is 43.6 Å². The summed E-state index contributed by atoms with van der Waals surface area (Å²) >= 11 is 14.9. The minimum absolute atomic E-state index is 0.0137. The smallest absolute Gasteiger partial charge is 0.301 e. The molecule has 1 amide bonds. The van der Waals surface area contributed by atoms with Crippen LogP contribution in [0.1, 0.15) is 48.9 Å². The molecule has 1 unspecified atom stereocenters. The van der Waals surface area contributed by atoms with Gasteiger partial charge in [-0.2, -0.15) is 0 Å². The highest BCUT2D eigenvalue weighted by molar-refractivity contribution is 8.00. The van der Waals surface area contributed by atoms with Crippen LogP contribution in [0.5, 0.6) is 5.75 Å². The maximum absolute atomic E-state index is 13.5. The Kier molecular flexibility index (Phi) is 9.84. The van der Waals surface area contributed by atoms with Crippen molar-refractivity contribution in [2.24, 2.45) is 0 Å². The number of hydrogen-bond donors (Lipinski definition) is 1. The summed E-state index contributed by atoms with van der Waals surface area (Å²) in [5, 5.41) is 21.2. The van der Waals surface area contributed by atoms with Crippen molar-refractivity contribution < 1.29 is 19.4 Å². The quantitative estimate of drug-likeness (QED) is 0.0440. The number of thioether (sulfide) groups is 1. The van der Waals surface area contributed by atoms with Gasteiger partial charge in [-0.05, 0) is 41.8 Å². The van der Waals surface area contributed by atoms with Crippen LogP contribution in [0.3, 0.4) is 0 Å². The van der Waals surface area contributed by atoms with E-state index in [-0.39, 0.29) is 16.5 Å². The lowest BCUT2D eigenvalue weighted by atomic mass is 9.95. The molecule has 7 nitrogen and oxygen atoms in total. The first-order valence-electron chi connectivity index (χ1n) is 13.4. The number of nitrogens with zero attached hydrogens (tertiary/aromatic N) is 3. The number of aliphatic hydroxyl groups is 1. The average molecular weight is 641 g/mol. The lowest BCUT2D eigenvalue weighted by Crippen LogP contribution is -2.29. The molecule has 1 aliphatic rings. The highest BCUT2D eigenvalue weighted by atomic mass is 35.5. The molecule has 0 aliphatic carbocycles. The Balaban J connectivity index is 1.47. The first-order chi connectivity index (χ1) is 20.4. The second-order valence-corrected chi connectivity index (χ2v) is 12.6. The molecule has 1 N–H and O–H groups in total. The molecule has 5 rings (SSSR count).